The molecule has 10 heteroatoms. The van der Waals surface area contributed by atoms with Gasteiger partial charge in [0.25, 0.3) is 0 Å². The van der Waals surface area contributed by atoms with Gasteiger partial charge >= 0.3 is 12.1 Å². The third-order valence-electron chi connectivity index (χ3n) is 3.95. The summed E-state index contributed by atoms with van der Waals surface area (Å²) in [5.74, 6) is -1.60. The molecule has 0 heterocycles. The van der Waals surface area contributed by atoms with E-state index in [-0.39, 0.29) is 25.2 Å². The number of carbonyl (C=O) groups excluding carboxylic acids is 4. The van der Waals surface area contributed by atoms with E-state index in [0.29, 0.717) is 0 Å². The van der Waals surface area contributed by atoms with E-state index in [4.69, 9.17) is 9.47 Å². The fourth-order valence-corrected chi connectivity index (χ4v) is 2.69. The van der Waals surface area contributed by atoms with Crippen molar-refractivity contribution in [3.8, 4) is 0 Å². The largest absolute Gasteiger partial charge is 0.461 e. The number of ether oxygens (including phenoxy) is 2. The molecule has 0 unspecified atom stereocenters. The van der Waals surface area contributed by atoms with Crippen molar-refractivity contribution in [2.24, 2.45) is 0 Å². The molecule has 172 valence electrons. The average Bonchev–Trinajstić information content (AvgIpc) is 2.72. The minimum absolute atomic E-state index is 0.00927. The Morgan fingerprint density at radius 3 is 2.19 bits per heavy atom. The molecule has 0 radical (unpaired) electrons. The van der Waals surface area contributed by atoms with Gasteiger partial charge < -0.3 is 25.4 Å². The second-order valence-electron chi connectivity index (χ2n) is 7.74. The van der Waals surface area contributed by atoms with Gasteiger partial charge in [-0.1, -0.05) is 30.3 Å². The number of amides is 3. The van der Waals surface area contributed by atoms with Crippen LogP contribution in [0.15, 0.2) is 30.3 Å². The molecule has 2 atom stereocenters. The Kier molecular flexibility index (Phi) is 10.9. The van der Waals surface area contributed by atoms with Crippen molar-refractivity contribution in [2.75, 3.05) is 12.8 Å². The lowest BCUT2D eigenvalue weighted by atomic mass is 10.1. The number of hydrogen-bond acceptors (Lipinski definition) is 7. The van der Waals surface area contributed by atoms with Crippen molar-refractivity contribution in [3.05, 3.63) is 35.9 Å². The van der Waals surface area contributed by atoms with Crippen molar-refractivity contribution in [1.82, 2.24) is 16.0 Å². The van der Waals surface area contributed by atoms with E-state index in [2.05, 4.69) is 28.6 Å². The Bertz CT molecular complexity index is 751. The summed E-state index contributed by atoms with van der Waals surface area (Å²) in [5, 5.41) is 7.40. The molecular weight excluding hydrogens is 422 g/mol. The SMILES string of the molecule is CNC(=O)[C@@H](CCC(=O)OCc1ccccc1)NC(=O)[C@H](CS)NC(=O)OC(C)(C)C. The zero-order chi connectivity index (χ0) is 23.4. The summed E-state index contributed by atoms with van der Waals surface area (Å²) in [5.41, 5.74) is 0.115. The summed E-state index contributed by atoms with van der Waals surface area (Å²) in [7, 11) is 1.42. The van der Waals surface area contributed by atoms with Crippen LogP contribution in [0.1, 0.15) is 39.2 Å². The van der Waals surface area contributed by atoms with E-state index < -0.39 is 41.6 Å². The van der Waals surface area contributed by atoms with Crippen molar-refractivity contribution in [3.63, 3.8) is 0 Å². The Morgan fingerprint density at radius 1 is 1.00 bits per heavy atom. The summed E-state index contributed by atoms with van der Waals surface area (Å²) in [6.45, 7) is 5.21. The third kappa shape index (κ3) is 10.7. The van der Waals surface area contributed by atoms with E-state index >= 15 is 0 Å². The fourth-order valence-electron chi connectivity index (χ4n) is 2.43. The van der Waals surface area contributed by atoms with Gasteiger partial charge in [-0.2, -0.15) is 12.6 Å². The Labute approximate surface area is 188 Å². The molecule has 1 rings (SSSR count). The molecule has 0 aliphatic carbocycles. The van der Waals surface area contributed by atoms with Crippen LogP contribution in [0.4, 0.5) is 4.79 Å². The smallest absolute Gasteiger partial charge is 0.408 e. The molecule has 0 spiro atoms. The molecule has 0 aromatic heterocycles. The lowest BCUT2D eigenvalue weighted by Gasteiger charge is -2.24. The van der Waals surface area contributed by atoms with Crippen LogP contribution in [0, 0.1) is 0 Å². The van der Waals surface area contributed by atoms with E-state index in [1.54, 1.807) is 20.8 Å². The first kappa shape index (κ1) is 26.3. The molecule has 31 heavy (non-hydrogen) atoms. The highest BCUT2D eigenvalue weighted by molar-refractivity contribution is 7.80. The first-order chi connectivity index (χ1) is 14.6. The van der Waals surface area contributed by atoms with Crippen molar-refractivity contribution in [2.45, 2.75) is 57.9 Å². The van der Waals surface area contributed by atoms with Crippen LogP contribution in [0.3, 0.4) is 0 Å². The van der Waals surface area contributed by atoms with E-state index in [9.17, 15) is 19.2 Å². The molecule has 9 nitrogen and oxygen atoms in total. The summed E-state index contributed by atoms with van der Waals surface area (Å²) in [6.07, 6.45) is -0.816. The van der Waals surface area contributed by atoms with Crippen molar-refractivity contribution in [1.29, 1.82) is 0 Å². The van der Waals surface area contributed by atoms with E-state index in [1.165, 1.54) is 7.05 Å². The molecule has 0 saturated heterocycles. The maximum atomic E-state index is 12.5. The highest BCUT2D eigenvalue weighted by Gasteiger charge is 2.27. The second kappa shape index (κ2) is 12.8. The summed E-state index contributed by atoms with van der Waals surface area (Å²) in [4.78, 5) is 48.6. The summed E-state index contributed by atoms with van der Waals surface area (Å²) in [6, 6.07) is 7.19. The first-order valence-electron chi connectivity index (χ1n) is 9.87. The van der Waals surface area contributed by atoms with Crippen LogP contribution in [0.25, 0.3) is 0 Å². The lowest BCUT2D eigenvalue weighted by molar-refractivity contribution is -0.145. The number of thiol groups is 1. The number of carbonyl (C=O) groups is 4. The van der Waals surface area contributed by atoms with Crippen LogP contribution in [0.5, 0.6) is 0 Å². The van der Waals surface area contributed by atoms with Gasteiger partial charge in [0.1, 0.15) is 24.3 Å². The normalized spacial score (nSPS) is 12.8. The number of rotatable bonds is 10. The summed E-state index contributed by atoms with van der Waals surface area (Å²) < 4.78 is 10.3. The maximum Gasteiger partial charge on any atom is 0.408 e. The van der Waals surface area contributed by atoms with Crippen LogP contribution >= 0.6 is 12.6 Å². The van der Waals surface area contributed by atoms with Gasteiger partial charge in [-0.05, 0) is 32.8 Å². The zero-order valence-corrected chi connectivity index (χ0v) is 19.2. The van der Waals surface area contributed by atoms with Gasteiger partial charge in [-0.3, -0.25) is 14.4 Å². The quantitative estimate of drug-likeness (QED) is 0.315. The number of alkyl carbamates (subject to hydrolysis) is 1. The second-order valence-corrected chi connectivity index (χ2v) is 8.11. The Hall–Kier alpha value is -2.75. The van der Waals surface area contributed by atoms with Crippen molar-refractivity contribution >= 4 is 36.5 Å². The van der Waals surface area contributed by atoms with Gasteiger partial charge in [0, 0.05) is 19.2 Å². The van der Waals surface area contributed by atoms with Gasteiger partial charge in [0.15, 0.2) is 0 Å². The Balaban J connectivity index is 2.61. The topological polar surface area (TPSA) is 123 Å². The molecule has 0 bridgehead atoms. The first-order valence-corrected chi connectivity index (χ1v) is 10.5. The third-order valence-corrected chi connectivity index (χ3v) is 4.31. The van der Waals surface area contributed by atoms with Crippen LogP contribution in [0.2, 0.25) is 0 Å². The minimum Gasteiger partial charge on any atom is -0.461 e. The number of benzene rings is 1. The molecule has 0 aliphatic rings. The van der Waals surface area contributed by atoms with E-state index in [1.807, 2.05) is 30.3 Å². The van der Waals surface area contributed by atoms with Crippen molar-refractivity contribution < 1.29 is 28.7 Å². The minimum atomic E-state index is -1.02. The molecular formula is C21H31N3O6S. The summed E-state index contributed by atoms with van der Waals surface area (Å²) >= 11 is 4.08. The standard InChI is InChI=1S/C21H31N3O6S/c1-21(2,3)30-20(28)24-16(13-31)19(27)23-15(18(26)22-4)10-11-17(25)29-12-14-8-6-5-7-9-14/h5-9,15-16,31H,10-13H2,1-4H3,(H,22,26)(H,23,27)(H,24,28)/t15-,16+/m1/s1. The van der Waals surface area contributed by atoms with Gasteiger partial charge in [0.2, 0.25) is 11.8 Å². The number of esters is 1. The molecule has 3 N–H and O–H groups in total. The maximum absolute atomic E-state index is 12.5. The molecule has 0 aliphatic heterocycles. The highest BCUT2D eigenvalue weighted by atomic mass is 32.1. The van der Waals surface area contributed by atoms with Crippen LogP contribution in [-0.2, 0) is 30.5 Å². The monoisotopic (exact) mass is 453 g/mol. The number of nitrogens with one attached hydrogen (secondary N) is 3. The fraction of sp³-hybridized carbons (Fsp3) is 0.524. The van der Waals surface area contributed by atoms with Gasteiger partial charge in [-0.25, -0.2) is 4.79 Å². The molecule has 0 saturated carbocycles. The number of hydrogen-bond donors (Lipinski definition) is 4. The molecule has 0 fully saturated rings. The van der Waals surface area contributed by atoms with Gasteiger partial charge in [-0.15, -0.1) is 0 Å². The van der Waals surface area contributed by atoms with Gasteiger partial charge in [0.05, 0.1) is 0 Å². The molecule has 3 amide bonds. The Morgan fingerprint density at radius 2 is 1.65 bits per heavy atom. The predicted octanol–water partition coefficient (Wildman–Crippen LogP) is 1.56. The lowest BCUT2D eigenvalue weighted by Crippen LogP contribution is -2.54. The number of likely N-dealkylation sites (N-methyl/N-ethyl adjacent to an activating group) is 1. The van der Waals surface area contributed by atoms with Crippen LogP contribution in [-0.4, -0.2) is 54.4 Å². The van der Waals surface area contributed by atoms with E-state index in [0.717, 1.165) is 5.56 Å². The average molecular weight is 454 g/mol. The molecule has 1 aromatic rings. The highest BCUT2D eigenvalue weighted by Crippen LogP contribution is 2.08. The zero-order valence-electron chi connectivity index (χ0n) is 18.3. The molecule has 1 aromatic carbocycles. The van der Waals surface area contributed by atoms with Crippen LogP contribution < -0.4 is 16.0 Å². The predicted molar refractivity (Wildman–Crippen MR) is 118 cm³/mol.